The number of aliphatic hydroxyl groups excluding tert-OH is 1. The Kier molecular flexibility index (Phi) is 4.60. The summed E-state index contributed by atoms with van der Waals surface area (Å²) < 4.78 is 11.1. The van der Waals surface area contributed by atoms with Gasteiger partial charge >= 0.3 is 0 Å². The summed E-state index contributed by atoms with van der Waals surface area (Å²) in [4.78, 5) is 14.5. The highest BCUT2D eigenvalue weighted by Crippen LogP contribution is 2.32. The Morgan fingerprint density at radius 3 is 2.83 bits per heavy atom. The first-order valence-corrected chi connectivity index (χ1v) is 8.27. The zero-order valence-electron chi connectivity index (χ0n) is 13.9. The van der Waals surface area contributed by atoms with Gasteiger partial charge in [-0.3, -0.25) is 4.79 Å². The Morgan fingerprint density at radius 2 is 2.13 bits per heavy atom. The van der Waals surface area contributed by atoms with Gasteiger partial charge in [0.15, 0.2) is 0 Å². The lowest BCUT2D eigenvalue weighted by molar-refractivity contribution is -0.0282. The van der Waals surface area contributed by atoms with Gasteiger partial charge in [-0.05, 0) is 43.5 Å². The monoisotopic (exact) mass is 319 g/mol. The molecule has 1 aromatic rings. The summed E-state index contributed by atoms with van der Waals surface area (Å²) in [7, 11) is 1.81. The van der Waals surface area contributed by atoms with Gasteiger partial charge in [-0.2, -0.15) is 0 Å². The van der Waals surface area contributed by atoms with Gasteiger partial charge in [0.1, 0.15) is 11.9 Å². The predicted molar refractivity (Wildman–Crippen MR) is 86.8 cm³/mol. The highest BCUT2D eigenvalue weighted by atomic mass is 16.5. The highest BCUT2D eigenvalue weighted by Gasteiger charge is 2.34. The van der Waals surface area contributed by atoms with Crippen molar-refractivity contribution in [2.45, 2.75) is 32.3 Å². The van der Waals surface area contributed by atoms with Crippen LogP contribution in [0.25, 0.3) is 0 Å². The number of carbonyl (C=O) groups excluding carboxylic acids is 1. The Labute approximate surface area is 137 Å². The summed E-state index contributed by atoms with van der Waals surface area (Å²) in [5, 5.41) is 9.79. The molecule has 0 unspecified atom stereocenters. The molecule has 0 aromatic heterocycles. The summed E-state index contributed by atoms with van der Waals surface area (Å²) in [6.45, 7) is 3.97. The Bertz CT molecular complexity index is 580. The lowest BCUT2D eigenvalue weighted by Gasteiger charge is -2.38. The van der Waals surface area contributed by atoms with Gasteiger partial charge in [-0.1, -0.05) is 0 Å². The number of nitrogens with zero attached hydrogens (tertiary/aromatic N) is 1. The van der Waals surface area contributed by atoms with Crippen molar-refractivity contribution in [1.29, 1.82) is 0 Å². The third-order valence-corrected chi connectivity index (χ3v) is 4.95. The molecule has 2 heterocycles. The highest BCUT2D eigenvalue weighted by molar-refractivity contribution is 5.94. The average molecular weight is 319 g/mol. The molecule has 1 saturated heterocycles. The molecule has 2 aliphatic heterocycles. The van der Waals surface area contributed by atoms with Crippen LogP contribution in [0.15, 0.2) is 18.2 Å². The zero-order valence-corrected chi connectivity index (χ0v) is 13.9. The van der Waals surface area contributed by atoms with Crippen LogP contribution in [-0.2, 0) is 11.2 Å². The van der Waals surface area contributed by atoms with Gasteiger partial charge in [-0.15, -0.1) is 0 Å². The lowest BCUT2D eigenvalue weighted by Crippen LogP contribution is -2.44. The molecule has 3 rings (SSSR count). The molecule has 2 aliphatic rings. The standard InChI is InChI=1S/C18H25NO4/c1-13-9-15-10-14(3-4-16(15)23-13)17(21)19(2)11-18(12-20)5-7-22-8-6-18/h3-4,10,13,20H,5-9,11-12H2,1-2H3/t13-/m1/s1. The van der Waals surface area contributed by atoms with Crippen LogP contribution in [0, 0.1) is 5.41 Å². The fourth-order valence-electron chi connectivity index (χ4n) is 3.52. The summed E-state index contributed by atoms with van der Waals surface area (Å²) in [5.74, 6) is 0.875. The number of amides is 1. The molecule has 5 nitrogen and oxygen atoms in total. The topological polar surface area (TPSA) is 59.0 Å². The van der Waals surface area contributed by atoms with E-state index < -0.39 is 0 Å². The Morgan fingerprint density at radius 1 is 1.39 bits per heavy atom. The van der Waals surface area contributed by atoms with Crippen molar-refractivity contribution in [2.75, 3.05) is 33.4 Å². The molecule has 1 fully saturated rings. The molecule has 126 valence electrons. The summed E-state index contributed by atoms with van der Waals surface area (Å²) in [6.07, 6.45) is 2.60. The van der Waals surface area contributed by atoms with Crippen LogP contribution in [-0.4, -0.2) is 55.4 Å². The van der Waals surface area contributed by atoms with Gasteiger partial charge in [0.05, 0.1) is 6.61 Å². The molecule has 1 amide bonds. The molecule has 23 heavy (non-hydrogen) atoms. The van der Waals surface area contributed by atoms with Crippen molar-refractivity contribution in [3.63, 3.8) is 0 Å². The third kappa shape index (κ3) is 3.35. The van der Waals surface area contributed by atoms with E-state index in [9.17, 15) is 9.90 Å². The molecule has 0 aliphatic carbocycles. The lowest BCUT2D eigenvalue weighted by atomic mass is 9.80. The van der Waals surface area contributed by atoms with E-state index >= 15 is 0 Å². The second kappa shape index (κ2) is 6.49. The normalized spacial score (nSPS) is 22.3. The van der Waals surface area contributed by atoms with Crippen molar-refractivity contribution in [2.24, 2.45) is 5.41 Å². The first kappa shape index (κ1) is 16.3. The number of hydrogen-bond acceptors (Lipinski definition) is 4. The van der Waals surface area contributed by atoms with Crippen LogP contribution in [0.1, 0.15) is 35.7 Å². The maximum Gasteiger partial charge on any atom is 0.253 e. The number of benzene rings is 1. The maximum absolute atomic E-state index is 12.7. The van der Waals surface area contributed by atoms with E-state index in [-0.39, 0.29) is 24.0 Å². The molecular weight excluding hydrogens is 294 g/mol. The smallest absolute Gasteiger partial charge is 0.253 e. The van der Waals surface area contributed by atoms with Crippen LogP contribution in [0.3, 0.4) is 0 Å². The Hall–Kier alpha value is -1.59. The number of fused-ring (bicyclic) bond motifs is 1. The first-order chi connectivity index (χ1) is 11.0. The Balaban J connectivity index is 1.71. The second-order valence-corrected chi connectivity index (χ2v) is 6.89. The first-order valence-electron chi connectivity index (χ1n) is 8.27. The minimum Gasteiger partial charge on any atom is -0.490 e. The van der Waals surface area contributed by atoms with Crippen LogP contribution < -0.4 is 4.74 Å². The SMILES string of the molecule is C[C@@H]1Cc2cc(C(=O)N(C)CC3(CO)CCOCC3)ccc2O1. The molecule has 0 spiro atoms. The zero-order chi connectivity index (χ0) is 16.4. The van der Waals surface area contributed by atoms with E-state index in [1.54, 1.807) is 4.90 Å². The molecule has 1 N–H and O–H groups in total. The van der Waals surface area contributed by atoms with E-state index in [4.69, 9.17) is 9.47 Å². The summed E-state index contributed by atoms with van der Waals surface area (Å²) >= 11 is 0. The largest absolute Gasteiger partial charge is 0.490 e. The number of ether oxygens (including phenoxy) is 2. The van der Waals surface area contributed by atoms with Gasteiger partial charge in [0.2, 0.25) is 0 Å². The fourth-order valence-corrected chi connectivity index (χ4v) is 3.52. The predicted octanol–water partition coefficient (Wildman–Crippen LogP) is 1.87. The van der Waals surface area contributed by atoms with Crippen LogP contribution in [0.4, 0.5) is 0 Å². The number of rotatable bonds is 4. The van der Waals surface area contributed by atoms with Crippen LogP contribution >= 0.6 is 0 Å². The van der Waals surface area contributed by atoms with Crippen LogP contribution in [0.2, 0.25) is 0 Å². The fraction of sp³-hybridized carbons (Fsp3) is 0.611. The van der Waals surface area contributed by atoms with E-state index in [2.05, 4.69) is 0 Å². The second-order valence-electron chi connectivity index (χ2n) is 6.89. The van der Waals surface area contributed by atoms with Crippen molar-refractivity contribution in [1.82, 2.24) is 4.90 Å². The van der Waals surface area contributed by atoms with Gasteiger partial charge in [-0.25, -0.2) is 0 Å². The minimum absolute atomic E-state index is 0.00771. The van der Waals surface area contributed by atoms with Crippen LogP contribution in [0.5, 0.6) is 5.75 Å². The van der Waals surface area contributed by atoms with Crippen molar-refractivity contribution < 1.29 is 19.4 Å². The molecule has 1 atom stereocenters. The molecule has 5 heteroatoms. The van der Waals surface area contributed by atoms with Crippen molar-refractivity contribution in [3.05, 3.63) is 29.3 Å². The van der Waals surface area contributed by atoms with Crippen molar-refractivity contribution >= 4 is 5.91 Å². The molecular formula is C18H25NO4. The molecule has 0 saturated carbocycles. The minimum atomic E-state index is -0.239. The molecule has 1 aromatic carbocycles. The quantitative estimate of drug-likeness (QED) is 0.920. The van der Waals surface area contributed by atoms with Gasteiger partial charge in [0, 0.05) is 44.2 Å². The van der Waals surface area contributed by atoms with E-state index in [0.29, 0.717) is 25.3 Å². The van der Waals surface area contributed by atoms with Crippen molar-refractivity contribution in [3.8, 4) is 5.75 Å². The number of hydrogen-bond donors (Lipinski definition) is 1. The number of aliphatic hydroxyl groups is 1. The summed E-state index contributed by atoms with van der Waals surface area (Å²) in [6, 6.07) is 5.65. The maximum atomic E-state index is 12.7. The van der Waals surface area contributed by atoms with Gasteiger partial charge in [0.25, 0.3) is 5.91 Å². The molecule has 0 bridgehead atoms. The number of carbonyl (C=O) groups is 1. The van der Waals surface area contributed by atoms with E-state index in [1.165, 1.54) is 0 Å². The third-order valence-electron chi connectivity index (χ3n) is 4.95. The van der Waals surface area contributed by atoms with E-state index in [0.717, 1.165) is 30.6 Å². The van der Waals surface area contributed by atoms with Gasteiger partial charge < -0.3 is 19.5 Å². The molecule has 0 radical (unpaired) electrons. The van der Waals surface area contributed by atoms with E-state index in [1.807, 2.05) is 32.2 Å². The average Bonchev–Trinajstić information content (AvgIpc) is 2.94. The summed E-state index contributed by atoms with van der Waals surface area (Å²) in [5.41, 5.74) is 1.54.